The van der Waals surface area contributed by atoms with Crippen LogP contribution < -0.4 is 0 Å². The van der Waals surface area contributed by atoms with Crippen molar-refractivity contribution in [3.05, 3.63) is 35.4 Å². The number of ether oxygens (including phenoxy) is 1. The smallest absolute Gasteiger partial charge is 0.313 e. The van der Waals surface area contributed by atoms with Gasteiger partial charge in [0.15, 0.2) is 0 Å². The zero-order chi connectivity index (χ0) is 15.3. The second-order valence-electron chi connectivity index (χ2n) is 6.19. The lowest BCUT2D eigenvalue weighted by molar-refractivity contribution is -0.142. The summed E-state index contributed by atoms with van der Waals surface area (Å²) >= 11 is 0. The quantitative estimate of drug-likeness (QED) is 0.874. The zero-order valence-electron chi connectivity index (χ0n) is 13.0. The minimum absolute atomic E-state index is 0.784. The summed E-state index contributed by atoms with van der Waals surface area (Å²) in [7, 11) is 0. The maximum Gasteiger partial charge on any atom is 0.313 e. The first kappa shape index (κ1) is 16.0. The van der Waals surface area contributed by atoms with Gasteiger partial charge in [-0.15, -0.1) is 0 Å². The van der Waals surface area contributed by atoms with Gasteiger partial charge in [0.2, 0.25) is 0 Å². The molecule has 2 rings (SSSR count). The average Bonchev–Trinajstić information content (AvgIpc) is 2.48. The Hall–Kier alpha value is -1.39. The Morgan fingerprint density at radius 3 is 2.71 bits per heavy atom. The van der Waals surface area contributed by atoms with Gasteiger partial charge in [0.05, 0.1) is 18.6 Å². The molecule has 1 aromatic carbocycles. The fourth-order valence-electron chi connectivity index (χ4n) is 2.57. The fraction of sp³-hybridized carbons (Fsp3) is 0.588. The van der Waals surface area contributed by atoms with Crippen LogP contribution in [0.1, 0.15) is 31.4 Å². The molecule has 1 fully saturated rings. The molecular formula is C17H25NO3. The number of carboxylic acids is 1. The average molecular weight is 291 g/mol. The Kier molecular flexibility index (Phi) is 5.37. The highest BCUT2D eigenvalue weighted by Crippen LogP contribution is 2.24. The van der Waals surface area contributed by atoms with Crippen LogP contribution in [0.4, 0.5) is 0 Å². The Labute approximate surface area is 126 Å². The molecule has 0 unspecified atom stereocenters. The highest BCUT2D eigenvalue weighted by atomic mass is 16.5. The summed E-state index contributed by atoms with van der Waals surface area (Å²) in [6.45, 7) is 8.29. The van der Waals surface area contributed by atoms with Crippen molar-refractivity contribution in [2.75, 3.05) is 32.8 Å². The van der Waals surface area contributed by atoms with Gasteiger partial charge < -0.3 is 9.84 Å². The van der Waals surface area contributed by atoms with E-state index in [-0.39, 0.29) is 0 Å². The molecule has 0 amide bonds. The van der Waals surface area contributed by atoms with Crippen molar-refractivity contribution in [2.45, 2.75) is 32.1 Å². The summed E-state index contributed by atoms with van der Waals surface area (Å²) in [5, 5.41) is 9.31. The van der Waals surface area contributed by atoms with E-state index in [2.05, 4.69) is 11.0 Å². The van der Waals surface area contributed by atoms with E-state index >= 15 is 0 Å². The number of nitrogens with zero attached hydrogens (tertiary/aromatic N) is 1. The highest BCUT2D eigenvalue weighted by Gasteiger charge is 2.29. The number of aliphatic carboxylic acids is 1. The minimum Gasteiger partial charge on any atom is -0.481 e. The third kappa shape index (κ3) is 4.29. The molecule has 0 spiro atoms. The molecule has 1 saturated heterocycles. The maximum absolute atomic E-state index is 11.3. The van der Waals surface area contributed by atoms with E-state index in [1.807, 2.05) is 18.2 Å². The minimum atomic E-state index is -0.833. The molecule has 1 heterocycles. The molecule has 1 aliphatic heterocycles. The van der Waals surface area contributed by atoms with Crippen LogP contribution in [0.2, 0.25) is 0 Å². The molecule has 0 radical (unpaired) electrons. The Bertz CT molecular complexity index is 479. The van der Waals surface area contributed by atoms with Gasteiger partial charge in [-0.2, -0.15) is 0 Å². The van der Waals surface area contributed by atoms with Crippen molar-refractivity contribution in [2.24, 2.45) is 0 Å². The number of carbonyl (C=O) groups is 1. The highest BCUT2D eigenvalue weighted by molar-refractivity contribution is 5.80. The molecule has 0 atom stereocenters. The van der Waals surface area contributed by atoms with E-state index < -0.39 is 11.4 Å². The number of morpholine rings is 1. The van der Waals surface area contributed by atoms with Crippen LogP contribution in [0.5, 0.6) is 0 Å². The summed E-state index contributed by atoms with van der Waals surface area (Å²) in [5.74, 6) is -0.784. The maximum atomic E-state index is 11.3. The molecule has 0 bridgehead atoms. The van der Waals surface area contributed by atoms with Crippen molar-refractivity contribution in [3.63, 3.8) is 0 Å². The third-order valence-electron chi connectivity index (χ3n) is 4.23. The first-order chi connectivity index (χ1) is 10.00. The van der Waals surface area contributed by atoms with Crippen LogP contribution in [0.25, 0.3) is 0 Å². The third-order valence-corrected chi connectivity index (χ3v) is 4.23. The molecule has 1 aliphatic rings. The Morgan fingerprint density at radius 2 is 2.05 bits per heavy atom. The predicted octanol–water partition coefficient (Wildman–Crippen LogP) is 2.31. The van der Waals surface area contributed by atoms with Gasteiger partial charge in [-0.3, -0.25) is 9.69 Å². The first-order valence-corrected chi connectivity index (χ1v) is 7.63. The van der Waals surface area contributed by atoms with Crippen LogP contribution in [0.15, 0.2) is 24.3 Å². The molecule has 1 aromatic rings. The zero-order valence-corrected chi connectivity index (χ0v) is 13.0. The SMILES string of the molecule is CC(C)(C(=O)O)c1cccc(CCCN2CCOCC2)c1. The molecule has 21 heavy (non-hydrogen) atoms. The van der Waals surface area contributed by atoms with Gasteiger partial charge in [-0.05, 0) is 44.4 Å². The second kappa shape index (κ2) is 7.05. The van der Waals surface area contributed by atoms with Gasteiger partial charge >= 0.3 is 5.97 Å². The van der Waals surface area contributed by atoms with E-state index in [0.717, 1.165) is 51.3 Å². The summed E-state index contributed by atoms with van der Waals surface area (Å²) < 4.78 is 5.34. The normalized spacial score (nSPS) is 16.9. The van der Waals surface area contributed by atoms with Gasteiger partial charge in [0, 0.05) is 13.1 Å². The second-order valence-corrected chi connectivity index (χ2v) is 6.19. The molecule has 116 valence electrons. The lowest BCUT2D eigenvalue weighted by Gasteiger charge is -2.26. The van der Waals surface area contributed by atoms with E-state index in [4.69, 9.17) is 4.74 Å². The lowest BCUT2D eigenvalue weighted by Crippen LogP contribution is -2.36. The monoisotopic (exact) mass is 291 g/mol. The van der Waals surface area contributed by atoms with Crippen LogP contribution in [-0.2, 0) is 21.4 Å². The van der Waals surface area contributed by atoms with Gasteiger partial charge in [0.25, 0.3) is 0 Å². The first-order valence-electron chi connectivity index (χ1n) is 7.63. The fourth-order valence-corrected chi connectivity index (χ4v) is 2.57. The van der Waals surface area contributed by atoms with Crippen LogP contribution in [0, 0.1) is 0 Å². The molecule has 0 aromatic heterocycles. The number of rotatable bonds is 6. The summed E-state index contributed by atoms with van der Waals surface area (Å²) in [6.07, 6.45) is 2.08. The van der Waals surface area contributed by atoms with Crippen molar-refractivity contribution >= 4 is 5.97 Å². The lowest BCUT2D eigenvalue weighted by atomic mass is 9.84. The van der Waals surface area contributed by atoms with E-state index in [1.165, 1.54) is 5.56 Å². The largest absolute Gasteiger partial charge is 0.481 e. The van der Waals surface area contributed by atoms with Crippen molar-refractivity contribution in [3.8, 4) is 0 Å². The van der Waals surface area contributed by atoms with Gasteiger partial charge in [-0.25, -0.2) is 0 Å². The number of hydrogen-bond donors (Lipinski definition) is 1. The van der Waals surface area contributed by atoms with Gasteiger partial charge in [-0.1, -0.05) is 24.3 Å². The van der Waals surface area contributed by atoms with E-state index in [0.29, 0.717) is 0 Å². The van der Waals surface area contributed by atoms with Gasteiger partial charge in [0.1, 0.15) is 0 Å². The van der Waals surface area contributed by atoms with Crippen LogP contribution in [-0.4, -0.2) is 48.8 Å². The van der Waals surface area contributed by atoms with Crippen LogP contribution in [0.3, 0.4) is 0 Å². The molecular weight excluding hydrogens is 266 g/mol. The van der Waals surface area contributed by atoms with Crippen molar-refractivity contribution in [1.82, 2.24) is 4.90 Å². The molecule has 0 aliphatic carbocycles. The Morgan fingerprint density at radius 1 is 1.33 bits per heavy atom. The number of benzene rings is 1. The predicted molar refractivity (Wildman–Crippen MR) is 82.7 cm³/mol. The molecule has 4 nitrogen and oxygen atoms in total. The summed E-state index contributed by atoms with van der Waals surface area (Å²) in [5.41, 5.74) is 1.26. The topological polar surface area (TPSA) is 49.8 Å². The Balaban J connectivity index is 1.90. The number of hydrogen-bond acceptors (Lipinski definition) is 3. The van der Waals surface area contributed by atoms with Crippen LogP contribution >= 0.6 is 0 Å². The number of aryl methyl sites for hydroxylation is 1. The van der Waals surface area contributed by atoms with Crippen molar-refractivity contribution < 1.29 is 14.6 Å². The standard InChI is InChI=1S/C17H25NO3/c1-17(2,16(19)20)15-7-3-5-14(13-15)6-4-8-18-9-11-21-12-10-18/h3,5,7,13H,4,6,8-12H2,1-2H3,(H,19,20). The van der Waals surface area contributed by atoms with Crippen molar-refractivity contribution in [1.29, 1.82) is 0 Å². The van der Waals surface area contributed by atoms with E-state index in [1.54, 1.807) is 13.8 Å². The molecule has 4 heteroatoms. The van der Waals surface area contributed by atoms with E-state index in [9.17, 15) is 9.90 Å². The molecule has 1 N–H and O–H groups in total. The number of carboxylic acid groups (broad SMARTS) is 1. The molecule has 0 saturated carbocycles. The summed E-state index contributed by atoms with van der Waals surface area (Å²) in [4.78, 5) is 13.8. The summed E-state index contributed by atoms with van der Waals surface area (Å²) in [6, 6.07) is 7.98.